The molecule has 0 aliphatic carbocycles. The SMILES string of the molecule is CCc1cccnc1NC(=S)NCCc1ccc(OC)cc1. The van der Waals surface area contributed by atoms with E-state index in [0.29, 0.717) is 5.11 Å². The molecule has 0 aliphatic heterocycles. The Bertz CT molecular complexity index is 614. The maximum atomic E-state index is 5.32. The van der Waals surface area contributed by atoms with Gasteiger partial charge in [-0.2, -0.15) is 0 Å². The number of rotatable bonds is 6. The van der Waals surface area contributed by atoms with E-state index in [1.54, 1.807) is 13.3 Å². The first-order chi connectivity index (χ1) is 10.7. The minimum Gasteiger partial charge on any atom is -0.497 e. The Morgan fingerprint density at radius 2 is 2.00 bits per heavy atom. The predicted octanol–water partition coefficient (Wildman–Crippen LogP) is 3.18. The fraction of sp³-hybridized carbons (Fsp3) is 0.294. The number of hydrogen-bond acceptors (Lipinski definition) is 3. The van der Waals surface area contributed by atoms with Gasteiger partial charge in [0.1, 0.15) is 11.6 Å². The summed E-state index contributed by atoms with van der Waals surface area (Å²) < 4.78 is 5.15. The molecular weight excluding hydrogens is 294 g/mol. The standard InChI is InChI=1S/C17H21N3OS/c1-3-14-5-4-11-18-16(14)20-17(22)19-12-10-13-6-8-15(21-2)9-7-13/h4-9,11H,3,10,12H2,1-2H3,(H2,18,19,20,22). The lowest BCUT2D eigenvalue weighted by molar-refractivity contribution is 0.414. The smallest absolute Gasteiger partial charge is 0.171 e. The first kappa shape index (κ1) is 16.2. The fourth-order valence-corrected chi connectivity index (χ4v) is 2.30. The molecule has 0 aliphatic rings. The molecule has 0 bridgehead atoms. The third-order valence-electron chi connectivity index (χ3n) is 3.36. The molecule has 0 amide bonds. The van der Waals surface area contributed by atoms with Crippen molar-refractivity contribution in [3.05, 3.63) is 53.7 Å². The molecule has 0 atom stereocenters. The average Bonchev–Trinajstić information content (AvgIpc) is 2.56. The molecule has 0 saturated heterocycles. The van der Waals surface area contributed by atoms with Gasteiger partial charge in [-0.05, 0) is 54.4 Å². The second kappa shape index (κ2) is 8.34. The molecule has 4 nitrogen and oxygen atoms in total. The van der Waals surface area contributed by atoms with Gasteiger partial charge in [0.15, 0.2) is 5.11 Å². The molecule has 1 aromatic carbocycles. The minimum atomic E-state index is 0.599. The number of thiocarbonyl (C=S) groups is 1. The highest BCUT2D eigenvalue weighted by atomic mass is 32.1. The molecule has 116 valence electrons. The summed E-state index contributed by atoms with van der Waals surface area (Å²) >= 11 is 5.32. The van der Waals surface area contributed by atoms with Gasteiger partial charge in [-0.15, -0.1) is 0 Å². The lowest BCUT2D eigenvalue weighted by Gasteiger charge is -2.12. The summed E-state index contributed by atoms with van der Waals surface area (Å²) in [6.07, 6.45) is 3.58. The van der Waals surface area contributed by atoms with Crippen LogP contribution in [0.3, 0.4) is 0 Å². The van der Waals surface area contributed by atoms with Crippen molar-refractivity contribution in [1.29, 1.82) is 0 Å². The Morgan fingerprint density at radius 3 is 2.68 bits per heavy atom. The third-order valence-corrected chi connectivity index (χ3v) is 3.61. The summed E-state index contributed by atoms with van der Waals surface area (Å²) in [5.74, 6) is 1.70. The fourth-order valence-electron chi connectivity index (χ4n) is 2.10. The lowest BCUT2D eigenvalue weighted by atomic mass is 10.1. The number of aromatic nitrogens is 1. The van der Waals surface area contributed by atoms with Gasteiger partial charge >= 0.3 is 0 Å². The molecule has 0 unspecified atom stereocenters. The highest BCUT2D eigenvalue weighted by molar-refractivity contribution is 7.80. The molecule has 22 heavy (non-hydrogen) atoms. The van der Waals surface area contributed by atoms with Crippen molar-refractivity contribution in [2.75, 3.05) is 19.0 Å². The monoisotopic (exact) mass is 315 g/mol. The number of ether oxygens (including phenoxy) is 1. The zero-order valence-corrected chi connectivity index (χ0v) is 13.7. The minimum absolute atomic E-state index is 0.599. The van der Waals surface area contributed by atoms with E-state index in [9.17, 15) is 0 Å². The molecule has 1 heterocycles. The van der Waals surface area contributed by atoms with E-state index in [-0.39, 0.29) is 0 Å². The number of nitrogens with one attached hydrogen (secondary N) is 2. The van der Waals surface area contributed by atoms with Crippen LogP contribution in [-0.4, -0.2) is 23.8 Å². The van der Waals surface area contributed by atoms with Gasteiger partial charge in [0, 0.05) is 12.7 Å². The molecule has 0 fully saturated rings. The molecule has 2 rings (SSSR count). The van der Waals surface area contributed by atoms with Crippen LogP contribution < -0.4 is 15.4 Å². The van der Waals surface area contributed by atoms with Crippen molar-refractivity contribution in [2.24, 2.45) is 0 Å². The van der Waals surface area contributed by atoms with Gasteiger partial charge in [0.05, 0.1) is 7.11 Å². The Balaban J connectivity index is 1.80. The van der Waals surface area contributed by atoms with Gasteiger partial charge < -0.3 is 15.4 Å². The second-order valence-corrected chi connectivity index (χ2v) is 5.25. The van der Waals surface area contributed by atoms with Crippen LogP contribution in [0.25, 0.3) is 0 Å². The maximum Gasteiger partial charge on any atom is 0.171 e. The van der Waals surface area contributed by atoms with Crippen LogP contribution in [0.5, 0.6) is 5.75 Å². The van der Waals surface area contributed by atoms with Crippen molar-refractivity contribution < 1.29 is 4.74 Å². The number of benzene rings is 1. The Morgan fingerprint density at radius 1 is 1.23 bits per heavy atom. The molecule has 2 N–H and O–H groups in total. The Kier molecular flexibility index (Phi) is 6.15. The van der Waals surface area contributed by atoms with Gasteiger partial charge in [-0.1, -0.05) is 25.1 Å². The van der Waals surface area contributed by atoms with E-state index in [1.807, 2.05) is 18.2 Å². The topological polar surface area (TPSA) is 46.2 Å². The van der Waals surface area contributed by atoms with Gasteiger partial charge in [0.2, 0.25) is 0 Å². The van der Waals surface area contributed by atoms with Crippen LogP contribution in [0, 0.1) is 0 Å². The number of methoxy groups -OCH3 is 1. The van der Waals surface area contributed by atoms with E-state index in [1.165, 1.54) is 5.56 Å². The van der Waals surface area contributed by atoms with Crippen LogP contribution in [0.4, 0.5) is 5.82 Å². The molecule has 2 aromatic rings. The van der Waals surface area contributed by atoms with E-state index < -0.39 is 0 Å². The van der Waals surface area contributed by atoms with E-state index >= 15 is 0 Å². The molecule has 0 spiro atoms. The number of aryl methyl sites for hydroxylation is 1. The largest absolute Gasteiger partial charge is 0.497 e. The number of nitrogens with zero attached hydrogens (tertiary/aromatic N) is 1. The zero-order chi connectivity index (χ0) is 15.8. The van der Waals surface area contributed by atoms with Crippen molar-refractivity contribution in [2.45, 2.75) is 19.8 Å². The highest BCUT2D eigenvalue weighted by Gasteiger charge is 2.03. The van der Waals surface area contributed by atoms with E-state index in [4.69, 9.17) is 17.0 Å². The quantitative estimate of drug-likeness (QED) is 0.802. The molecule has 1 aromatic heterocycles. The number of anilines is 1. The van der Waals surface area contributed by atoms with Crippen LogP contribution in [-0.2, 0) is 12.8 Å². The molecular formula is C17H21N3OS. The zero-order valence-electron chi connectivity index (χ0n) is 12.9. The second-order valence-electron chi connectivity index (χ2n) is 4.84. The first-order valence-corrected chi connectivity index (χ1v) is 7.75. The Hall–Kier alpha value is -2.14. The number of pyridine rings is 1. The third kappa shape index (κ3) is 4.70. The van der Waals surface area contributed by atoms with Gasteiger partial charge in [-0.25, -0.2) is 4.98 Å². The summed E-state index contributed by atoms with van der Waals surface area (Å²) in [6, 6.07) is 12.0. The van der Waals surface area contributed by atoms with Crippen LogP contribution in [0.15, 0.2) is 42.6 Å². The molecule has 0 saturated carbocycles. The van der Waals surface area contributed by atoms with Crippen LogP contribution >= 0.6 is 12.2 Å². The highest BCUT2D eigenvalue weighted by Crippen LogP contribution is 2.12. The molecule has 5 heteroatoms. The Labute approximate surface area is 136 Å². The van der Waals surface area contributed by atoms with Crippen molar-refractivity contribution in [3.63, 3.8) is 0 Å². The first-order valence-electron chi connectivity index (χ1n) is 7.34. The van der Waals surface area contributed by atoms with Gasteiger partial charge in [0.25, 0.3) is 0 Å². The van der Waals surface area contributed by atoms with Crippen LogP contribution in [0.2, 0.25) is 0 Å². The number of hydrogen-bond donors (Lipinski definition) is 2. The van der Waals surface area contributed by atoms with Crippen LogP contribution in [0.1, 0.15) is 18.1 Å². The summed E-state index contributed by atoms with van der Waals surface area (Å²) in [5.41, 5.74) is 2.39. The predicted molar refractivity (Wildman–Crippen MR) is 94.5 cm³/mol. The molecule has 0 radical (unpaired) electrons. The van der Waals surface area contributed by atoms with E-state index in [0.717, 1.165) is 36.5 Å². The van der Waals surface area contributed by atoms with Crippen molar-refractivity contribution in [1.82, 2.24) is 10.3 Å². The summed E-state index contributed by atoms with van der Waals surface area (Å²) in [6.45, 7) is 2.87. The van der Waals surface area contributed by atoms with Gasteiger partial charge in [-0.3, -0.25) is 0 Å². The van der Waals surface area contributed by atoms with Crippen molar-refractivity contribution >= 4 is 23.1 Å². The lowest BCUT2D eigenvalue weighted by Crippen LogP contribution is -2.30. The summed E-state index contributed by atoms with van der Waals surface area (Å²) in [4.78, 5) is 4.32. The normalized spacial score (nSPS) is 10.1. The average molecular weight is 315 g/mol. The summed E-state index contributed by atoms with van der Waals surface area (Å²) in [7, 11) is 1.67. The van der Waals surface area contributed by atoms with E-state index in [2.05, 4.69) is 40.7 Å². The summed E-state index contributed by atoms with van der Waals surface area (Å²) in [5, 5.41) is 6.96. The maximum absolute atomic E-state index is 5.32. The van der Waals surface area contributed by atoms with Crippen molar-refractivity contribution in [3.8, 4) is 5.75 Å².